The number of nitriles is 3. The summed E-state index contributed by atoms with van der Waals surface area (Å²) in [4.78, 5) is 1.15. The number of halogens is 1. The maximum absolute atomic E-state index is 13.5. The highest BCUT2D eigenvalue weighted by Gasteiger charge is 2.11. The van der Waals surface area contributed by atoms with Gasteiger partial charge in [0.25, 0.3) is 0 Å². The summed E-state index contributed by atoms with van der Waals surface area (Å²) in [6, 6.07) is 12.7. The van der Waals surface area contributed by atoms with E-state index in [1.165, 1.54) is 12.1 Å². The molecule has 118 valence electrons. The van der Waals surface area contributed by atoms with E-state index in [0.717, 1.165) is 10.9 Å². The van der Waals surface area contributed by atoms with Crippen molar-refractivity contribution in [2.45, 2.75) is 6.42 Å². The molecule has 0 radical (unpaired) electrons. The number of ether oxygens (including phenoxy) is 1. The molecule has 0 bridgehead atoms. The summed E-state index contributed by atoms with van der Waals surface area (Å²) in [5.74, 6) is -0.202. The summed E-state index contributed by atoms with van der Waals surface area (Å²) in [7, 11) is 0. The Kier molecular flexibility index (Phi) is 5.91. The van der Waals surface area contributed by atoms with Gasteiger partial charge in [-0.05, 0) is 23.6 Å². The maximum Gasteiger partial charge on any atom is 0.163 e. The molecule has 0 spiro atoms. The van der Waals surface area contributed by atoms with E-state index < -0.39 is 5.82 Å². The molecular weight excluding hydrogens is 327 g/mol. The molecule has 2 rings (SSSR count). The normalized spacial score (nSPS) is 9.25. The lowest BCUT2D eigenvalue weighted by Crippen LogP contribution is -2.06. The number of nitrogens with zero attached hydrogens (tertiary/aromatic N) is 3. The van der Waals surface area contributed by atoms with E-state index >= 15 is 0 Å². The molecule has 0 unspecified atom stereocenters. The van der Waals surface area contributed by atoms with Gasteiger partial charge in [-0.1, -0.05) is 6.07 Å². The summed E-state index contributed by atoms with van der Waals surface area (Å²) in [5.41, 5.74) is -0.458. The first-order chi connectivity index (χ1) is 11.7. The summed E-state index contributed by atoms with van der Waals surface area (Å²) in [6.45, 7) is 0.371. The van der Waals surface area contributed by atoms with E-state index in [1.54, 1.807) is 29.5 Å². The van der Waals surface area contributed by atoms with Crippen LogP contribution in [0, 0.1) is 39.8 Å². The van der Waals surface area contributed by atoms with Crippen molar-refractivity contribution in [3.63, 3.8) is 0 Å². The SMILES string of the molecule is N#CC(C#N)=C(C#N)Nc1cc(F)ccc1OCCc1cccs1. The van der Waals surface area contributed by atoms with E-state index in [0.29, 0.717) is 18.8 Å². The van der Waals surface area contributed by atoms with Crippen molar-refractivity contribution in [1.29, 1.82) is 15.8 Å². The second-order valence-electron chi connectivity index (χ2n) is 4.53. The van der Waals surface area contributed by atoms with Crippen molar-refractivity contribution < 1.29 is 9.13 Å². The van der Waals surface area contributed by atoms with E-state index in [4.69, 9.17) is 20.5 Å². The maximum atomic E-state index is 13.5. The Morgan fingerprint density at radius 2 is 1.96 bits per heavy atom. The Balaban J connectivity index is 2.19. The van der Waals surface area contributed by atoms with Crippen molar-refractivity contribution in [3.8, 4) is 24.0 Å². The number of nitrogens with one attached hydrogen (secondary N) is 1. The van der Waals surface area contributed by atoms with Crippen molar-refractivity contribution in [2.75, 3.05) is 11.9 Å². The highest BCUT2D eigenvalue weighted by atomic mass is 32.1. The van der Waals surface area contributed by atoms with Gasteiger partial charge in [-0.15, -0.1) is 11.3 Å². The largest absolute Gasteiger partial charge is 0.491 e. The number of anilines is 1. The number of allylic oxidation sites excluding steroid dienone is 2. The van der Waals surface area contributed by atoms with Crippen LogP contribution in [0.2, 0.25) is 0 Å². The third-order valence-corrected chi connectivity index (χ3v) is 3.91. The predicted octanol–water partition coefficient (Wildman–Crippen LogP) is 3.75. The summed E-state index contributed by atoms with van der Waals surface area (Å²) in [5, 5.41) is 31.3. The number of thiophene rings is 1. The molecule has 0 saturated heterocycles. The van der Waals surface area contributed by atoms with Gasteiger partial charge in [0.15, 0.2) is 5.57 Å². The fourth-order valence-electron chi connectivity index (χ4n) is 1.86. The third-order valence-electron chi connectivity index (χ3n) is 2.97. The molecular formula is C17H11FN4OS. The summed E-state index contributed by atoms with van der Waals surface area (Å²) in [6.07, 6.45) is 0.692. The predicted molar refractivity (Wildman–Crippen MR) is 87.4 cm³/mol. The van der Waals surface area contributed by atoms with Gasteiger partial charge in [0, 0.05) is 17.4 Å². The zero-order valence-corrected chi connectivity index (χ0v) is 13.2. The minimum atomic E-state index is -0.532. The Bertz CT molecular complexity index is 853. The molecule has 0 amide bonds. The first kappa shape index (κ1) is 17.0. The molecule has 1 aromatic heterocycles. The standard InChI is InChI=1S/C17H11FN4OS/c18-13-3-4-17(23-6-5-14-2-1-7-24-14)15(8-13)22-16(11-21)12(9-19)10-20/h1-4,7-8,22H,5-6H2. The molecule has 0 aliphatic carbocycles. The van der Waals surface area contributed by atoms with Gasteiger partial charge in [0.05, 0.1) is 12.3 Å². The van der Waals surface area contributed by atoms with Crippen LogP contribution in [0.3, 0.4) is 0 Å². The fourth-order valence-corrected chi connectivity index (χ4v) is 2.55. The Hall–Kier alpha value is -3.34. The van der Waals surface area contributed by atoms with E-state index in [-0.39, 0.29) is 17.0 Å². The van der Waals surface area contributed by atoms with Gasteiger partial charge < -0.3 is 10.1 Å². The highest BCUT2D eigenvalue weighted by Crippen LogP contribution is 2.27. The molecule has 0 aliphatic rings. The lowest BCUT2D eigenvalue weighted by Gasteiger charge is -2.12. The molecule has 0 fully saturated rings. The number of benzene rings is 1. The van der Waals surface area contributed by atoms with Crippen LogP contribution < -0.4 is 10.1 Å². The molecule has 2 aromatic rings. The second kappa shape index (κ2) is 8.33. The van der Waals surface area contributed by atoms with Crippen LogP contribution in [0.5, 0.6) is 5.75 Å². The summed E-state index contributed by atoms with van der Waals surface area (Å²) >= 11 is 1.61. The van der Waals surface area contributed by atoms with Crippen LogP contribution in [0.4, 0.5) is 10.1 Å². The Labute approximate surface area is 142 Å². The Morgan fingerprint density at radius 1 is 1.17 bits per heavy atom. The van der Waals surface area contributed by atoms with Crippen LogP contribution in [-0.2, 0) is 6.42 Å². The Morgan fingerprint density at radius 3 is 2.58 bits per heavy atom. The second-order valence-corrected chi connectivity index (χ2v) is 5.56. The van der Waals surface area contributed by atoms with Gasteiger partial charge in [-0.25, -0.2) is 4.39 Å². The summed E-state index contributed by atoms with van der Waals surface area (Å²) < 4.78 is 19.1. The van der Waals surface area contributed by atoms with Gasteiger partial charge in [-0.2, -0.15) is 15.8 Å². The van der Waals surface area contributed by atoms with Crippen molar-refractivity contribution >= 4 is 17.0 Å². The molecule has 7 heteroatoms. The van der Waals surface area contributed by atoms with Gasteiger partial charge in [0.1, 0.15) is 35.5 Å². The molecule has 0 saturated carbocycles. The smallest absolute Gasteiger partial charge is 0.163 e. The van der Waals surface area contributed by atoms with Crippen LogP contribution in [0.1, 0.15) is 4.88 Å². The van der Waals surface area contributed by atoms with Crippen molar-refractivity contribution in [1.82, 2.24) is 0 Å². The first-order valence-corrected chi connectivity index (χ1v) is 7.72. The number of hydrogen-bond acceptors (Lipinski definition) is 6. The van der Waals surface area contributed by atoms with Crippen LogP contribution >= 0.6 is 11.3 Å². The van der Waals surface area contributed by atoms with Gasteiger partial charge in [0.2, 0.25) is 0 Å². The lowest BCUT2D eigenvalue weighted by atomic mass is 10.2. The van der Waals surface area contributed by atoms with E-state index in [9.17, 15) is 4.39 Å². The molecule has 1 aromatic carbocycles. The molecule has 5 nitrogen and oxygen atoms in total. The lowest BCUT2D eigenvalue weighted by molar-refractivity contribution is 0.324. The minimum Gasteiger partial charge on any atom is -0.491 e. The minimum absolute atomic E-state index is 0.181. The van der Waals surface area contributed by atoms with E-state index in [1.807, 2.05) is 17.5 Å². The van der Waals surface area contributed by atoms with Crippen LogP contribution in [0.25, 0.3) is 0 Å². The molecule has 24 heavy (non-hydrogen) atoms. The third kappa shape index (κ3) is 4.33. The molecule has 1 N–H and O–H groups in total. The fraction of sp³-hybridized carbons (Fsp3) is 0.118. The van der Waals surface area contributed by atoms with Crippen molar-refractivity contribution in [3.05, 3.63) is 57.7 Å². The number of rotatable bonds is 6. The zero-order chi connectivity index (χ0) is 17.4. The van der Waals surface area contributed by atoms with Gasteiger partial charge >= 0.3 is 0 Å². The molecule has 0 aliphatic heterocycles. The van der Waals surface area contributed by atoms with Gasteiger partial charge in [-0.3, -0.25) is 0 Å². The first-order valence-electron chi connectivity index (χ1n) is 6.84. The van der Waals surface area contributed by atoms with Crippen LogP contribution in [0.15, 0.2) is 47.0 Å². The highest BCUT2D eigenvalue weighted by molar-refractivity contribution is 7.09. The van der Waals surface area contributed by atoms with Crippen LogP contribution in [-0.4, -0.2) is 6.61 Å². The average Bonchev–Trinajstić information content (AvgIpc) is 3.10. The van der Waals surface area contributed by atoms with Crippen molar-refractivity contribution in [2.24, 2.45) is 0 Å². The zero-order valence-electron chi connectivity index (χ0n) is 12.4. The molecule has 1 heterocycles. The molecule has 0 atom stereocenters. The quantitative estimate of drug-likeness (QED) is 0.810. The topological polar surface area (TPSA) is 92.6 Å². The monoisotopic (exact) mass is 338 g/mol. The van der Waals surface area contributed by atoms with E-state index in [2.05, 4.69) is 5.32 Å². The average molecular weight is 338 g/mol. The number of hydrogen-bond donors (Lipinski definition) is 1.